The van der Waals surface area contributed by atoms with Gasteiger partial charge in [-0.2, -0.15) is 10.3 Å². The summed E-state index contributed by atoms with van der Waals surface area (Å²) in [5.41, 5.74) is 12.7. The highest BCUT2D eigenvalue weighted by molar-refractivity contribution is 6.06. The van der Waals surface area contributed by atoms with Crippen LogP contribution in [-0.4, -0.2) is 16.9 Å². The number of benzene rings is 2. The molecule has 0 saturated heterocycles. The van der Waals surface area contributed by atoms with Gasteiger partial charge in [-0.1, -0.05) is 24.3 Å². The number of carbonyl (C=O) groups excluding carboxylic acids is 1. The van der Waals surface area contributed by atoms with Crippen molar-refractivity contribution in [3.05, 3.63) is 66.0 Å². The number of aliphatic imine (C=N–C) groups is 1. The third-order valence-electron chi connectivity index (χ3n) is 3.56. The highest BCUT2D eigenvalue weighted by Crippen LogP contribution is 2.30. The van der Waals surface area contributed by atoms with Crippen molar-refractivity contribution in [1.82, 2.24) is 4.98 Å². The van der Waals surface area contributed by atoms with E-state index in [-0.39, 0.29) is 5.96 Å². The first-order valence-electron chi connectivity index (χ1n) is 7.12. The average molecular weight is 315 g/mol. The summed E-state index contributed by atoms with van der Waals surface area (Å²) in [7, 11) is 0. The minimum atomic E-state index is -0.515. The number of rotatable bonds is 2. The van der Waals surface area contributed by atoms with Gasteiger partial charge in [0.15, 0.2) is 5.96 Å². The Balaban J connectivity index is 2.25. The standard InChI is InChI=1S/C18H13N5O/c19-10-16-14(5-2-8-22-16)13-4-1-3-11-6-7-12(9-15(11)13)17(24)23-18(20)21/h1-9H,(H4,20,21,23,24). The summed E-state index contributed by atoms with van der Waals surface area (Å²) in [6, 6.07) is 16.6. The first-order valence-corrected chi connectivity index (χ1v) is 7.12. The lowest BCUT2D eigenvalue weighted by Gasteiger charge is -2.09. The number of hydrogen-bond donors (Lipinski definition) is 2. The van der Waals surface area contributed by atoms with Crippen LogP contribution in [0.5, 0.6) is 0 Å². The third-order valence-corrected chi connectivity index (χ3v) is 3.56. The maximum absolute atomic E-state index is 12.1. The molecule has 6 nitrogen and oxygen atoms in total. The van der Waals surface area contributed by atoms with E-state index in [0.29, 0.717) is 16.8 Å². The van der Waals surface area contributed by atoms with Gasteiger partial charge in [-0.05, 0) is 40.6 Å². The number of pyridine rings is 1. The second-order valence-electron chi connectivity index (χ2n) is 5.09. The summed E-state index contributed by atoms with van der Waals surface area (Å²) in [5.74, 6) is -0.800. The molecule has 0 bridgehead atoms. The van der Waals surface area contributed by atoms with Gasteiger partial charge in [0.25, 0.3) is 5.91 Å². The number of nitrogens with two attached hydrogens (primary N) is 2. The molecule has 0 aliphatic rings. The first kappa shape index (κ1) is 15.2. The molecular formula is C18H13N5O. The molecule has 6 heteroatoms. The molecule has 3 rings (SSSR count). The zero-order chi connectivity index (χ0) is 17.1. The van der Waals surface area contributed by atoms with Gasteiger partial charge in [0.2, 0.25) is 0 Å². The maximum atomic E-state index is 12.1. The summed E-state index contributed by atoms with van der Waals surface area (Å²) in [4.78, 5) is 19.7. The lowest BCUT2D eigenvalue weighted by molar-refractivity contribution is 0.100. The molecule has 0 aliphatic carbocycles. The molecule has 0 aliphatic heterocycles. The second kappa shape index (κ2) is 6.18. The van der Waals surface area contributed by atoms with Gasteiger partial charge >= 0.3 is 0 Å². The van der Waals surface area contributed by atoms with E-state index in [2.05, 4.69) is 16.0 Å². The lowest BCUT2D eigenvalue weighted by Crippen LogP contribution is -2.24. The van der Waals surface area contributed by atoms with E-state index < -0.39 is 5.91 Å². The topological polar surface area (TPSA) is 118 Å². The summed E-state index contributed by atoms with van der Waals surface area (Å²) in [5, 5.41) is 11.0. The van der Waals surface area contributed by atoms with Gasteiger partial charge in [0, 0.05) is 17.3 Å². The van der Waals surface area contributed by atoms with Gasteiger partial charge in [0.05, 0.1) is 0 Å². The van der Waals surface area contributed by atoms with Gasteiger partial charge < -0.3 is 11.5 Å². The van der Waals surface area contributed by atoms with Crippen molar-refractivity contribution in [1.29, 1.82) is 5.26 Å². The SMILES string of the molecule is N#Cc1ncccc1-c1cccc2ccc(C(=O)N=C(N)N)cc12. The van der Waals surface area contributed by atoms with Crippen molar-refractivity contribution in [2.45, 2.75) is 0 Å². The van der Waals surface area contributed by atoms with Gasteiger partial charge in [-0.3, -0.25) is 4.79 Å². The predicted octanol–water partition coefficient (Wildman–Crippen LogP) is 2.19. The number of nitriles is 1. The molecule has 1 heterocycles. The van der Waals surface area contributed by atoms with E-state index in [9.17, 15) is 10.1 Å². The van der Waals surface area contributed by atoms with Gasteiger partial charge in [-0.15, -0.1) is 0 Å². The van der Waals surface area contributed by atoms with E-state index in [4.69, 9.17) is 11.5 Å². The van der Waals surface area contributed by atoms with Crippen LogP contribution in [0.2, 0.25) is 0 Å². The van der Waals surface area contributed by atoms with Gasteiger partial charge in [0.1, 0.15) is 11.8 Å². The van der Waals surface area contributed by atoms with Crippen LogP contribution in [0.1, 0.15) is 16.1 Å². The Bertz CT molecular complexity index is 1010. The fraction of sp³-hybridized carbons (Fsp3) is 0. The van der Waals surface area contributed by atoms with E-state index >= 15 is 0 Å². The van der Waals surface area contributed by atoms with Crippen LogP contribution in [0.25, 0.3) is 21.9 Å². The van der Waals surface area contributed by atoms with Crippen LogP contribution in [0.3, 0.4) is 0 Å². The van der Waals surface area contributed by atoms with Crippen LogP contribution < -0.4 is 11.5 Å². The molecule has 0 unspecified atom stereocenters. The Morgan fingerprint density at radius 2 is 1.88 bits per heavy atom. The van der Waals surface area contributed by atoms with E-state index in [1.54, 1.807) is 24.4 Å². The Kier molecular flexibility index (Phi) is 3.91. The highest BCUT2D eigenvalue weighted by Gasteiger charge is 2.12. The minimum Gasteiger partial charge on any atom is -0.370 e. The molecule has 0 saturated carbocycles. The summed E-state index contributed by atoms with van der Waals surface area (Å²) < 4.78 is 0. The molecular weight excluding hydrogens is 302 g/mol. The Morgan fingerprint density at radius 3 is 2.62 bits per heavy atom. The molecule has 0 atom stereocenters. The monoisotopic (exact) mass is 315 g/mol. The Hall–Kier alpha value is -3.72. The molecule has 116 valence electrons. The molecule has 0 fully saturated rings. The van der Waals surface area contributed by atoms with Crippen molar-refractivity contribution in [2.75, 3.05) is 0 Å². The Morgan fingerprint density at radius 1 is 1.08 bits per heavy atom. The predicted molar refractivity (Wildman–Crippen MR) is 92.0 cm³/mol. The smallest absolute Gasteiger partial charge is 0.280 e. The minimum absolute atomic E-state index is 0.285. The van der Waals surface area contributed by atoms with Crippen molar-refractivity contribution in [2.24, 2.45) is 16.5 Å². The molecule has 2 aromatic carbocycles. The summed E-state index contributed by atoms with van der Waals surface area (Å²) in [6.45, 7) is 0. The van der Waals surface area contributed by atoms with E-state index in [1.165, 1.54) is 0 Å². The fourth-order valence-electron chi connectivity index (χ4n) is 2.53. The Labute approximate surface area is 138 Å². The first-order chi connectivity index (χ1) is 11.6. The zero-order valence-corrected chi connectivity index (χ0v) is 12.6. The van der Waals surface area contributed by atoms with Crippen LogP contribution in [-0.2, 0) is 0 Å². The molecule has 4 N–H and O–H groups in total. The van der Waals surface area contributed by atoms with Crippen molar-refractivity contribution >= 4 is 22.6 Å². The lowest BCUT2D eigenvalue weighted by atomic mass is 9.96. The summed E-state index contributed by atoms with van der Waals surface area (Å²) in [6.07, 6.45) is 1.57. The number of amides is 1. The summed E-state index contributed by atoms with van der Waals surface area (Å²) >= 11 is 0. The van der Waals surface area contributed by atoms with E-state index in [1.807, 2.05) is 30.3 Å². The highest BCUT2D eigenvalue weighted by atomic mass is 16.1. The van der Waals surface area contributed by atoms with Crippen LogP contribution in [0, 0.1) is 11.3 Å². The van der Waals surface area contributed by atoms with Gasteiger partial charge in [-0.25, -0.2) is 4.98 Å². The molecule has 3 aromatic rings. The quantitative estimate of drug-likeness (QED) is 0.555. The largest absolute Gasteiger partial charge is 0.370 e. The van der Waals surface area contributed by atoms with Crippen molar-refractivity contribution < 1.29 is 4.79 Å². The maximum Gasteiger partial charge on any atom is 0.280 e. The average Bonchev–Trinajstić information content (AvgIpc) is 2.60. The van der Waals surface area contributed by atoms with Crippen molar-refractivity contribution in [3.8, 4) is 17.2 Å². The number of fused-ring (bicyclic) bond motifs is 1. The van der Waals surface area contributed by atoms with Crippen LogP contribution >= 0.6 is 0 Å². The van der Waals surface area contributed by atoms with Crippen LogP contribution in [0.4, 0.5) is 0 Å². The number of guanidine groups is 1. The third kappa shape index (κ3) is 2.78. The fourth-order valence-corrected chi connectivity index (χ4v) is 2.53. The van der Waals surface area contributed by atoms with Crippen molar-refractivity contribution in [3.63, 3.8) is 0 Å². The molecule has 24 heavy (non-hydrogen) atoms. The van der Waals surface area contributed by atoms with E-state index in [0.717, 1.165) is 16.3 Å². The molecule has 1 amide bonds. The van der Waals surface area contributed by atoms with Crippen LogP contribution in [0.15, 0.2) is 59.7 Å². The molecule has 1 aromatic heterocycles. The number of hydrogen-bond acceptors (Lipinski definition) is 3. The normalized spacial score (nSPS) is 10.1. The second-order valence-corrected chi connectivity index (χ2v) is 5.09. The number of aromatic nitrogens is 1. The molecule has 0 spiro atoms. The number of nitrogens with zero attached hydrogens (tertiary/aromatic N) is 3. The molecule has 0 radical (unpaired) electrons. The zero-order valence-electron chi connectivity index (χ0n) is 12.6. The number of carbonyl (C=O) groups is 1.